The average molecular weight is 219 g/mol. The third kappa shape index (κ3) is 1.95. The van der Waals surface area contributed by atoms with E-state index in [9.17, 15) is 4.79 Å². The van der Waals surface area contributed by atoms with Gasteiger partial charge in [-0.05, 0) is 31.2 Å². The predicted octanol–water partition coefficient (Wildman–Crippen LogP) is 1.82. The van der Waals surface area contributed by atoms with E-state index in [2.05, 4.69) is 12.1 Å². The van der Waals surface area contributed by atoms with Crippen LogP contribution in [0.5, 0.6) is 0 Å². The summed E-state index contributed by atoms with van der Waals surface area (Å²) in [7, 11) is 0. The molecule has 3 heteroatoms. The van der Waals surface area contributed by atoms with E-state index in [0.717, 1.165) is 0 Å². The Morgan fingerprint density at radius 2 is 2.06 bits per heavy atom. The van der Waals surface area contributed by atoms with Gasteiger partial charge in [-0.2, -0.15) is 0 Å². The lowest BCUT2D eigenvalue weighted by molar-refractivity contribution is -0.153. The lowest BCUT2D eigenvalue weighted by atomic mass is 9.66. The minimum Gasteiger partial charge on any atom is -0.465 e. The fourth-order valence-electron chi connectivity index (χ4n) is 2.22. The fraction of sp³-hybridized carbons (Fsp3) is 0.462. The van der Waals surface area contributed by atoms with Crippen LogP contribution in [0.15, 0.2) is 30.3 Å². The Balaban J connectivity index is 1.97. The van der Waals surface area contributed by atoms with Crippen LogP contribution < -0.4 is 5.73 Å². The quantitative estimate of drug-likeness (QED) is 0.789. The number of ether oxygens (including phenoxy) is 1. The van der Waals surface area contributed by atoms with Gasteiger partial charge in [0.1, 0.15) is 5.54 Å². The molecule has 0 atom stereocenters. The zero-order chi connectivity index (χ0) is 11.6. The van der Waals surface area contributed by atoms with Gasteiger partial charge in [0.2, 0.25) is 0 Å². The molecular formula is C13H17NO2. The Hall–Kier alpha value is -1.35. The highest BCUT2D eigenvalue weighted by Gasteiger charge is 2.48. The molecule has 0 aromatic heterocycles. The summed E-state index contributed by atoms with van der Waals surface area (Å²) in [5.74, 6) is 0.137. The first-order valence-corrected chi connectivity index (χ1v) is 5.67. The zero-order valence-corrected chi connectivity index (χ0v) is 9.48. The molecule has 1 aromatic carbocycles. The van der Waals surface area contributed by atoms with Gasteiger partial charge < -0.3 is 10.5 Å². The highest BCUT2D eigenvalue weighted by Crippen LogP contribution is 2.43. The van der Waals surface area contributed by atoms with Crippen molar-refractivity contribution in [2.75, 3.05) is 6.61 Å². The van der Waals surface area contributed by atoms with Crippen LogP contribution in [-0.2, 0) is 9.53 Å². The molecule has 1 aromatic rings. The van der Waals surface area contributed by atoms with E-state index in [1.54, 1.807) is 6.92 Å². The molecule has 0 spiro atoms. The second kappa shape index (κ2) is 4.26. The molecule has 0 bridgehead atoms. The monoisotopic (exact) mass is 219 g/mol. The number of esters is 1. The number of carbonyl (C=O) groups excluding carboxylic acids is 1. The van der Waals surface area contributed by atoms with E-state index in [1.807, 2.05) is 18.2 Å². The fourth-order valence-corrected chi connectivity index (χ4v) is 2.22. The van der Waals surface area contributed by atoms with Gasteiger partial charge >= 0.3 is 5.97 Å². The average Bonchev–Trinajstić information content (AvgIpc) is 2.26. The molecule has 0 aliphatic heterocycles. The summed E-state index contributed by atoms with van der Waals surface area (Å²) in [6.45, 7) is 2.20. The van der Waals surface area contributed by atoms with Gasteiger partial charge in [0.15, 0.2) is 0 Å². The molecule has 2 N–H and O–H groups in total. The van der Waals surface area contributed by atoms with Crippen LogP contribution in [0.1, 0.15) is 31.2 Å². The van der Waals surface area contributed by atoms with Crippen molar-refractivity contribution in [3.8, 4) is 0 Å². The molecule has 1 aliphatic carbocycles. The van der Waals surface area contributed by atoms with Crippen molar-refractivity contribution in [1.82, 2.24) is 0 Å². The topological polar surface area (TPSA) is 52.3 Å². The molecule has 16 heavy (non-hydrogen) atoms. The van der Waals surface area contributed by atoms with E-state index in [4.69, 9.17) is 10.5 Å². The molecule has 3 nitrogen and oxygen atoms in total. The summed E-state index contributed by atoms with van der Waals surface area (Å²) >= 11 is 0. The molecular weight excluding hydrogens is 202 g/mol. The Labute approximate surface area is 95.6 Å². The predicted molar refractivity (Wildman–Crippen MR) is 62.0 cm³/mol. The maximum absolute atomic E-state index is 11.6. The first-order valence-electron chi connectivity index (χ1n) is 5.67. The summed E-state index contributed by atoms with van der Waals surface area (Å²) in [6, 6.07) is 10.2. The van der Waals surface area contributed by atoms with Crippen molar-refractivity contribution in [1.29, 1.82) is 0 Å². The Bertz CT molecular complexity index is 369. The molecule has 0 unspecified atom stereocenters. The minimum absolute atomic E-state index is 0.262. The summed E-state index contributed by atoms with van der Waals surface area (Å²) < 4.78 is 4.97. The normalized spacial score (nSPS) is 28.2. The van der Waals surface area contributed by atoms with Gasteiger partial charge in [-0.3, -0.25) is 4.79 Å². The van der Waals surface area contributed by atoms with Crippen molar-refractivity contribution >= 4 is 5.97 Å². The lowest BCUT2D eigenvalue weighted by Crippen LogP contribution is -2.57. The van der Waals surface area contributed by atoms with Gasteiger partial charge in [0.25, 0.3) is 0 Å². The summed E-state index contributed by atoms with van der Waals surface area (Å²) in [6.07, 6.45) is 1.38. The largest absolute Gasteiger partial charge is 0.465 e. The highest BCUT2D eigenvalue weighted by atomic mass is 16.5. The van der Waals surface area contributed by atoms with Crippen LogP contribution in [0.25, 0.3) is 0 Å². The number of carbonyl (C=O) groups is 1. The number of benzene rings is 1. The van der Waals surface area contributed by atoms with Crippen molar-refractivity contribution in [2.24, 2.45) is 5.73 Å². The van der Waals surface area contributed by atoms with Crippen LogP contribution >= 0.6 is 0 Å². The second-order valence-corrected chi connectivity index (χ2v) is 4.39. The van der Waals surface area contributed by atoms with Gasteiger partial charge in [0.05, 0.1) is 6.61 Å². The van der Waals surface area contributed by atoms with Crippen LogP contribution in [0.4, 0.5) is 0 Å². The molecule has 2 rings (SSSR count). The molecule has 1 aliphatic rings. The number of hydrogen-bond donors (Lipinski definition) is 1. The standard InChI is InChI=1S/C13H17NO2/c1-2-16-12(15)13(14)8-11(9-13)10-6-4-3-5-7-10/h3-7,11H,2,8-9,14H2,1H3. The first kappa shape index (κ1) is 11.1. The SMILES string of the molecule is CCOC(=O)C1(N)CC(c2ccccc2)C1. The van der Waals surface area contributed by atoms with E-state index < -0.39 is 5.54 Å². The third-order valence-corrected chi connectivity index (χ3v) is 3.17. The maximum atomic E-state index is 11.6. The van der Waals surface area contributed by atoms with E-state index in [1.165, 1.54) is 5.56 Å². The Morgan fingerprint density at radius 3 is 2.62 bits per heavy atom. The summed E-state index contributed by atoms with van der Waals surface area (Å²) in [4.78, 5) is 11.6. The van der Waals surface area contributed by atoms with E-state index in [0.29, 0.717) is 25.4 Å². The number of rotatable bonds is 3. The minimum atomic E-state index is -0.753. The molecule has 86 valence electrons. The van der Waals surface area contributed by atoms with Crippen LogP contribution in [-0.4, -0.2) is 18.1 Å². The van der Waals surface area contributed by atoms with Crippen LogP contribution in [0.3, 0.4) is 0 Å². The lowest BCUT2D eigenvalue weighted by Gasteiger charge is -2.42. The van der Waals surface area contributed by atoms with Crippen LogP contribution in [0.2, 0.25) is 0 Å². The second-order valence-electron chi connectivity index (χ2n) is 4.39. The molecule has 1 saturated carbocycles. The van der Waals surface area contributed by atoms with Crippen molar-refractivity contribution in [2.45, 2.75) is 31.2 Å². The van der Waals surface area contributed by atoms with E-state index in [-0.39, 0.29) is 5.97 Å². The number of hydrogen-bond acceptors (Lipinski definition) is 3. The summed E-state index contributed by atoms with van der Waals surface area (Å²) in [5.41, 5.74) is 6.49. The van der Waals surface area contributed by atoms with Gasteiger partial charge in [-0.15, -0.1) is 0 Å². The van der Waals surface area contributed by atoms with E-state index >= 15 is 0 Å². The zero-order valence-electron chi connectivity index (χ0n) is 9.48. The Morgan fingerprint density at radius 1 is 1.44 bits per heavy atom. The molecule has 0 heterocycles. The van der Waals surface area contributed by atoms with Gasteiger partial charge in [0, 0.05) is 0 Å². The smallest absolute Gasteiger partial charge is 0.326 e. The van der Waals surface area contributed by atoms with Crippen molar-refractivity contribution in [3.05, 3.63) is 35.9 Å². The Kier molecular flexibility index (Phi) is 2.97. The molecule has 0 saturated heterocycles. The van der Waals surface area contributed by atoms with Gasteiger partial charge in [-0.1, -0.05) is 30.3 Å². The highest BCUT2D eigenvalue weighted by molar-refractivity contribution is 5.82. The van der Waals surface area contributed by atoms with Gasteiger partial charge in [-0.25, -0.2) is 0 Å². The third-order valence-electron chi connectivity index (χ3n) is 3.17. The maximum Gasteiger partial charge on any atom is 0.326 e. The van der Waals surface area contributed by atoms with Crippen molar-refractivity contribution < 1.29 is 9.53 Å². The number of nitrogens with two attached hydrogens (primary N) is 1. The molecule has 1 fully saturated rings. The first-order chi connectivity index (χ1) is 7.65. The summed E-state index contributed by atoms with van der Waals surface area (Å²) in [5, 5.41) is 0. The molecule has 0 radical (unpaired) electrons. The van der Waals surface area contributed by atoms with Crippen molar-refractivity contribution in [3.63, 3.8) is 0 Å². The molecule has 0 amide bonds. The van der Waals surface area contributed by atoms with Crippen LogP contribution in [0, 0.1) is 0 Å².